The monoisotopic (exact) mass is 169 g/mol. The molecule has 0 bridgehead atoms. The Morgan fingerprint density at radius 1 is 1.42 bits per heavy atom. The summed E-state index contributed by atoms with van der Waals surface area (Å²) in [6, 6.07) is 0.343. The Morgan fingerprint density at radius 2 is 2.25 bits per heavy atom. The molecule has 2 heterocycles. The molecule has 2 fully saturated rings. The maximum atomic E-state index is 11.4. The van der Waals surface area contributed by atoms with Crippen LogP contribution in [0.5, 0.6) is 0 Å². The second kappa shape index (κ2) is 3.05. The minimum atomic E-state index is -0.169. The van der Waals surface area contributed by atoms with E-state index in [1.807, 2.05) is 4.90 Å². The van der Waals surface area contributed by atoms with Crippen LogP contribution in [0.3, 0.4) is 0 Å². The fourth-order valence-electron chi connectivity index (χ4n) is 2.26. The number of aliphatic hydroxyl groups is 1. The molecule has 1 N–H and O–H groups in total. The molecule has 12 heavy (non-hydrogen) atoms. The molecule has 68 valence electrons. The number of rotatable bonds is 0. The van der Waals surface area contributed by atoms with E-state index in [0.717, 1.165) is 32.2 Å². The zero-order valence-corrected chi connectivity index (χ0v) is 7.20. The van der Waals surface area contributed by atoms with E-state index < -0.39 is 0 Å². The quantitative estimate of drug-likeness (QED) is 0.574. The molecule has 3 nitrogen and oxygen atoms in total. The highest BCUT2D eigenvalue weighted by molar-refractivity contribution is 5.77. The lowest BCUT2D eigenvalue weighted by Gasteiger charge is -2.40. The number of carbonyl (C=O) groups is 1. The zero-order chi connectivity index (χ0) is 8.55. The second-order valence-corrected chi connectivity index (χ2v) is 3.81. The molecule has 0 aliphatic carbocycles. The van der Waals surface area contributed by atoms with Crippen LogP contribution in [0.1, 0.15) is 32.1 Å². The zero-order valence-electron chi connectivity index (χ0n) is 7.20. The van der Waals surface area contributed by atoms with Crippen molar-refractivity contribution in [1.29, 1.82) is 0 Å². The van der Waals surface area contributed by atoms with Gasteiger partial charge in [-0.2, -0.15) is 0 Å². The Balaban J connectivity index is 2.04. The lowest BCUT2D eigenvalue weighted by molar-refractivity contribution is -0.139. The predicted octanol–water partition coefficient (Wildman–Crippen LogP) is 0.522. The smallest absolute Gasteiger partial charge is 0.222 e. The molecule has 2 rings (SSSR count). The van der Waals surface area contributed by atoms with Crippen molar-refractivity contribution in [1.82, 2.24) is 4.90 Å². The summed E-state index contributed by atoms with van der Waals surface area (Å²) >= 11 is 0. The number of fused-ring (bicyclic) bond motifs is 1. The first-order valence-corrected chi connectivity index (χ1v) is 4.75. The van der Waals surface area contributed by atoms with Crippen molar-refractivity contribution in [2.75, 3.05) is 6.54 Å². The van der Waals surface area contributed by atoms with Crippen LogP contribution in [0, 0.1) is 0 Å². The maximum absolute atomic E-state index is 11.4. The lowest BCUT2D eigenvalue weighted by Crippen LogP contribution is -2.49. The van der Waals surface area contributed by atoms with E-state index in [9.17, 15) is 9.90 Å². The van der Waals surface area contributed by atoms with Crippen molar-refractivity contribution in [3.8, 4) is 0 Å². The average Bonchev–Trinajstić information content (AvgIpc) is 2.04. The summed E-state index contributed by atoms with van der Waals surface area (Å²) in [4.78, 5) is 13.3. The Hall–Kier alpha value is -0.570. The Morgan fingerprint density at radius 3 is 3.08 bits per heavy atom. The van der Waals surface area contributed by atoms with Crippen molar-refractivity contribution in [2.24, 2.45) is 0 Å². The van der Waals surface area contributed by atoms with Gasteiger partial charge in [0, 0.05) is 19.0 Å². The average molecular weight is 169 g/mol. The molecule has 0 aromatic rings. The number of aliphatic hydroxyl groups excluding tert-OH is 1. The van der Waals surface area contributed by atoms with Crippen LogP contribution < -0.4 is 0 Å². The molecule has 0 spiro atoms. The third-order valence-electron chi connectivity index (χ3n) is 2.94. The van der Waals surface area contributed by atoms with E-state index >= 15 is 0 Å². The summed E-state index contributed by atoms with van der Waals surface area (Å²) in [6.45, 7) is 0.769. The van der Waals surface area contributed by atoms with Gasteiger partial charge in [0.25, 0.3) is 0 Å². The molecule has 0 aromatic heterocycles. The van der Waals surface area contributed by atoms with Crippen LogP contribution in [-0.2, 0) is 4.79 Å². The molecule has 0 aromatic carbocycles. The van der Waals surface area contributed by atoms with Crippen molar-refractivity contribution < 1.29 is 9.90 Å². The van der Waals surface area contributed by atoms with Crippen LogP contribution in [0.15, 0.2) is 0 Å². The largest absolute Gasteiger partial charge is 0.393 e. The standard InChI is InChI=1S/C9H15NO2/c11-8-4-5-10-7(6-8)2-1-3-9(10)12/h7-8,11H,1-6H2/t7-,8+/m1/s1. The van der Waals surface area contributed by atoms with Crippen LogP contribution >= 0.6 is 0 Å². The Kier molecular flexibility index (Phi) is 2.05. The molecule has 2 aliphatic rings. The van der Waals surface area contributed by atoms with Crippen LogP contribution in [-0.4, -0.2) is 34.6 Å². The molecule has 2 aliphatic heterocycles. The SMILES string of the molecule is O=C1CCC[C@@H]2C[C@@H](O)CCN12. The van der Waals surface area contributed by atoms with Gasteiger partial charge in [-0.15, -0.1) is 0 Å². The van der Waals surface area contributed by atoms with Crippen molar-refractivity contribution in [2.45, 2.75) is 44.2 Å². The van der Waals surface area contributed by atoms with Crippen molar-refractivity contribution >= 4 is 5.91 Å². The molecule has 0 radical (unpaired) electrons. The molecule has 1 amide bonds. The van der Waals surface area contributed by atoms with E-state index in [1.54, 1.807) is 0 Å². The summed E-state index contributed by atoms with van der Waals surface area (Å²) < 4.78 is 0. The molecular formula is C9H15NO2. The fraction of sp³-hybridized carbons (Fsp3) is 0.889. The van der Waals surface area contributed by atoms with Gasteiger partial charge in [-0.25, -0.2) is 0 Å². The normalized spacial score (nSPS) is 36.4. The summed E-state index contributed by atoms with van der Waals surface area (Å²) in [6.07, 6.45) is 4.20. The number of amides is 1. The molecular weight excluding hydrogens is 154 g/mol. The summed E-state index contributed by atoms with van der Waals surface area (Å²) in [5.74, 6) is 0.290. The summed E-state index contributed by atoms with van der Waals surface area (Å²) in [7, 11) is 0. The molecule has 2 atom stereocenters. The van der Waals surface area contributed by atoms with Gasteiger partial charge >= 0.3 is 0 Å². The van der Waals surface area contributed by atoms with Crippen molar-refractivity contribution in [3.05, 3.63) is 0 Å². The molecule has 0 saturated carbocycles. The van der Waals surface area contributed by atoms with E-state index in [1.165, 1.54) is 0 Å². The van der Waals surface area contributed by atoms with Crippen LogP contribution in [0.4, 0.5) is 0 Å². The van der Waals surface area contributed by atoms with Gasteiger partial charge in [0.2, 0.25) is 5.91 Å². The Labute approximate surface area is 72.4 Å². The van der Waals surface area contributed by atoms with E-state index in [0.29, 0.717) is 12.5 Å². The first kappa shape index (κ1) is 8.05. The number of carbonyl (C=O) groups excluding carboxylic acids is 1. The molecule has 2 saturated heterocycles. The van der Waals surface area contributed by atoms with E-state index in [2.05, 4.69) is 0 Å². The maximum Gasteiger partial charge on any atom is 0.222 e. The second-order valence-electron chi connectivity index (χ2n) is 3.81. The number of piperidine rings is 2. The minimum Gasteiger partial charge on any atom is -0.393 e. The van der Waals surface area contributed by atoms with Gasteiger partial charge in [-0.1, -0.05) is 0 Å². The minimum absolute atomic E-state index is 0.169. The highest BCUT2D eigenvalue weighted by Gasteiger charge is 2.32. The lowest BCUT2D eigenvalue weighted by atomic mass is 9.91. The van der Waals surface area contributed by atoms with E-state index in [4.69, 9.17) is 0 Å². The first-order chi connectivity index (χ1) is 5.77. The van der Waals surface area contributed by atoms with Gasteiger partial charge in [0.05, 0.1) is 6.10 Å². The van der Waals surface area contributed by atoms with Gasteiger partial charge < -0.3 is 10.0 Å². The molecule has 0 unspecified atom stereocenters. The van der Waals surface area contributed by atoms with Crippen LogP contribution in [0.2, 0.25) is 0 Å². The first-order valence-electron chi connectivity index (χ1n) is 4.75. The number of nitrogens with zero attached hydrogens (tertiary/aromatic N) is 1. The van der Waals surface area contributed by atoms with Gasteiger partial charge in [-0.05, 0) is 25.7 Å². The topological polar surface area (TPSA) is 40.5 Å². The van der Waals surface area contributed by atoms with Gasteiger partial charge in [-0.3, -0.25) is 4.79 Å². The third kappa shape index (κ3) is 1.33. The third-order valence-corrected chi connectivity index (χ3v) is 2.94. The van der Waals surface area contributed by atoms with Gasteiger partial charge in [0.1, 0.15) is 0 Å². The van der Waals surface area contributed by atoms with Gasteiger partial charge in [0.15, 0.2) is 0 Å². The molecule has 3 heteroatoms. The Bertz CT molecular complexity index is 193. The number of hydrogen-bond acceptors (Lipinski definition) is 2. The van der Waals surface area contributed by atoms with Crippen molar-refractivity contribution in [3.63, 3.8) is 0 Å². The number of hydrogen-bond donors (Lipinski definition) is 1. The highest BCUT2D eigenvalue weighted by Crippen LogP contribution is 2.26. The predicted molar refractivity (Wildman–Crippen MR) is 44.6 cm³/mol. The fourth-order valence-corrected chi connectivity index (χ4v) is 2.26. The highest BCUT2D eigenvalue weighted by atomic mass is 16.3. The summed E-state index contributed by atoms with van der Waals surface area (Å²) in [5, 5.41) is 9.40. The summed E-state index contributed by atoms with van der Waals surface area (Å²) in [5.41, 5.74) is 0. The van der Waals surface area contributed by atoms with Crippen LogP contribution in [0.25, 0.3) is 0 Å². The van der Waals surface area contributed by atoms with E-state index in [-0.39, 0.29) is 12.0 Å².